The Labute approximate surface area is 133 Å². The van der Waals surface area contributed by atoms with E-state index < -0.39 is 0 Å². The van der Waals surface area contributed by atoms with E-state index in [1.54, 1.807) is 11.8 Å². The first-order valence-electron chi connectivity index (χ1n) is 7.48. The van der Waals surface area contributed by atoms with Crippen LogP contribution < -0.4 is 11.1 Å². The molecule has 1 aromatic heterocycles. The van der Waals surface area contributed by atoms with Gasteiger partial charge in [0.05, 0.1) is 17.2 Å². The number of esters is 1. The van der Waals surface area contributed by atoms with Gasteiger partial charge in [0, 0.05) is 6.54 Å². The maximum Gasteiger partial charge on any atom is 0.350 e. The fourth-order valence-corrected chi connectivity index (χ4v) is 4.86. The first-order valence-corrected chi connectivity index (χ1v) is 9.52. The van der Waals surface area contributed by atoms with Gasteiger partial charge in [0.25, 0.3) is 0 Å². The Hall–Kier alpha value is -0.880. The third kappa shape index (κ3) is 2.88. The SMILES string of the molecule is CCOC(=O)c1sc(NCC2(C3CC3)CC2)c(SC)c1N. The van der Waals surface area contributed by atoms with E-state index in [0.717, 1.165) is 22.4 Å². The fourth-order valence-electron chi connectivity index (χ4n) is 2.94. The number of anilines is 2. The van der Waals surface area contributed by atoms with Crippen LogP contribution in [0.1, 0.15) is 42.3 Å². The molecule has 1 aromatic rings. The monoisotopic (exact) mass is 326 g/mol. The van der Waals surface area contributed by atoms with Crippen molar-refractivity contribution in [2.75, 3.05) is 30.5 Å². The molecule has 0 bridgehead atoms. The van der Waals surface area contributed by atoms with Gasteiger partial charge in [0.15, 0.2) is 0 Å². The molecule has 3 N–H and O–H groups in total. The summed E-state index contributed by atoms with van der Waals surface area (Å²) in [5, 5.41) is 4.58. The Bertz CT molecular complexity index is 548. The summed E-state index contributed by atoms with van der Waals surface area (Å²) >= 11 is 3.02. The summed E-state index contributed by atoms with van der Waals surface area (Å²) < 4.78 is 5.08. The Morgan fingerprint density at radius 2 is 2.24 bits per heavy atom. The molecular formula is C15H22N2O2S2. The van der Waals surface area contributed by atoms with Gasteiger partial charge in [0.1, 0.15) is 9.88 Å². The molecule has 0 radical (unpaired) electrons. The molecule has 116 valence electrons. The highest BCUT2D eigenvalue weighted by Crippen LogP contribution is 2.61. The van der Waals surface area contributed by atoms with Crippen LogP contribution in [-0.4, -0.2) is 25.4 Å². The van der Waals surface area contributed by atoms with E-state index in [1.165, 1.54) is 37.0 Å². The number of nitrogens with two attached hydrogens (primary N) is 1. The van der Waals surface area contributed by atoms with Crippen LogP contribution in [0.2, 0.25) is 0 Å². The van der Waals surface area contributed by atoms with Gasteiger partial charge in [-0.1, -0.05) is 0 Å². The van der Waals surface area contributed by atoms with E-state index in [4.69, 9.17) is 10.5 Å². The lowest BCUT2D eigenvalue weighted by Crippen LogP contribution is -2.17. The lowest BCUT2D eigenvalue weighted by molar-refractivity contribution is 0.0533. The minimum atomic E-state index is -0.313. The predicted molar refractivity (Wildman–Crippen MR) is 89.3 cm³/mol. The minimum Gasteiger partial charge on any atom is -0.462 e. The highest BCUT2D eigenvalue weighted by molar-refractivity contribution is 7.99. The molecule has 0 atom stereocenters. The second-order valence-electron chi connectivity index (χ2n) is 5.92. The topological polar surface area (TPSA) is 64.3 Å². The standard InChI is InChI=1S/C15H22N2O2S2/c1-3-19-14(18)12-10(16)11(20-2)13(21-12)17-8-15(6-7-15)9-4-5-9/h9,17H,3-8,16H2,1-2H3. The molecule has 0 saturated heterocycles. The summed E-state index contributed by atoms with van der Waals surface area (Å²) in [5.74, 6) is 0.608. The van der Waals surface area contributed by atoms with Crippen molar-refractivity contribution in [3.05, 3.63) is 4.88 Å². The highest BCUT2D eigenvalue weighted by atomic mass is 32.2. The van der Waals surface area contributed by atoms with E-state index in [-0.39, 0.29) is 5.97 Å². The summed E-state index contributed by atoms with van der Waals surface area (Å²) in [5.41, 5.74) is 7.21. The number of nitrogens with one attached hydrogen (secondary N) is 1. The summed E-state index contributed by atoms with van der Waals surface area (Å²) in [6, 6.07) is 0. The maximum atomic E-state index is 11.9. The molecule has 2 fully saturated rings. The molecule has 1 heterocycles. The zero-order valence-corrected chi connectivity index (χ0v) is 14.2. The molecular weight excluding hydrogens is 304 g/mol. The van der Waals surface area contributed by atoms with Crippen molar-refractivity contribution in [2.45, 2.75) is 37.5 Å². The average molecular weight is 326 g/mol. The first kappa shape index (κ1) is 15.0. The largest absolute Gasteiger partial charge is 0.462 e. The average Bonchev–Trinajstić information content (AvgIpc) is 3.34. The molecule has 21 heavy (non-hydrogen) atoms. The van der Waals surface area contributed by atoms with Crippen LogP contribution in [0.15, 0.2) is 4.90 Å². The van der Waals surface area contributed by atoms with Crippen LogP contribution in [0, 0.1) is 11.3 Å². The second-order valence-corrected chi connectivity index (χ2v) is 7.76. The molecule has 2 aliphatic rings. The summed E-state index contributed by atoms with van der Waals surface area (Å²) in [7, 11) is 0. The molecule has 0 unspecified atom stereocenters. The lowest BCUT2D eigenvalue weighted by Gasteiger charge is -2.15. The molecule has 0 aliphatic heterocycles. The number of hydrogen-bond acceptors (Lipinski definition) is 6. The number of carbonyl (C=O) groups is 1. The third-order valence-electron chi connectivity index (χ3n) is 4.50. The fraction of sp³-hybridized carbons (Fsp3) is 0.667. The number of thiophene rings is 1. The normalized spacial score (nSPS) is 19.3. The van der Waals surface area contributed by atoms with E-state index >= 15 is 0 Å². The Morgan fingerprint density at radius 3 is 2.76 bits per heavy atom. The first-order chi connectivity index (χ1) is 10.1. The summed E-state index contributed by atoms with van der Waals surface area (Å²) in [6.07, 6.45) is 7.44. The number of ether oxygens (including phenoxy) is 1. The smallest absolute Gasteiger partial charge is 0.350 e. The van der Waals surface area contributed by atoms with Crippen LogP contribution in [0.25, 0.3) is 0 Å². The van der Waals surface area contributed by atoms with Crippen molar-refractivity contribution >= 4 is 39.8 Å². The summed E-state index contributed by atoms with van der Waals surface area (Å²) in [4.78, 5) is 13.5. The predicted octanol–water partition coefficient (Wildman–Crippen LogP) is 3.83. The van der Waals surface area contributed by atoms with Gasteiger partial charge >= 0.3 is 5.97 Å². The van der Waals surface area contributed by atoms with Crippen molar-refractivity contribution < 1.29 is 9.53 Å². The Kier molecular flexibility index (Phi) is 4.10. The quantitative estimate of drug-likeness (QED) is 0.589. The third-order valence-corrected chi connectivity index (χ3v) is 6.61. The molecule has 6 heteroatoms. The molecule has 0 amide bonds. The van der Waals surface area contributed by atoms with Gasteiger partial charge in [-0.25, -0.2) is 4.79 Å². The molecule has 3 rings (SSSR count). The van der Waals surface area contributed by atoms with Crippen molar-refractivity contribution in [1.82, 2.24) is 0 Å². The number of hydrogen-bond donors (Lipinski definition) is 2. The van der Waals surface area contributed by atoms with Crippen molar-refractivity contribution in [1.29, 1.82) is 0 Å². The van der Waals surface area contributed by atoms with Gasteiger partial charge in [-0.3, -0.25) is 0 Å². The van der Waals surface area contributed by atoms with E-state index in [1.807, 2.05) is 13.2 Å². The van der Waals surface area contributed by atoms with E-state index in [9.17, 15) is 4.79 Å². The molecule has 0 aromatic carbocycles. The van der Waals surface area contributed by atoms with Gasteiger partial charge < -0.3 is 15.8 Å². The van der Waals surface area contributed by atoms with Crippen LogP contribution in [-0.2, 0) is 4.74 Å². The molecule has 2 saturated carbocycles. The minimum absolute atomic E-state index is 0.313. The number of thioether (sulfide) groups is 1. The van der Waals surface area contributed by atoms with Gasteiger partial charge in [-0.15, -0.1) is 23.1 Å². The van der Waals surface area contributed by atoms with Crippen LogP contribution >= 0.6 is 23.1 Å². The maximum absolute atomic E-state index is 11.9. The number of nitrogen functional groups attached to an aromatic ring is 1. The van der Waals surface area contributed by atoms with Crippen LogP contribution in [0.5, 0.6) is 0 Å². The van der Waals surface area contributed by atoms with Crippen LogP contribution in [0.3, 0.4) is 0 Å². The van der Waals surface area contributed by atoms with Gasteiger partial charge in [-0.05, 0) is 50.2 Å². The summed E-state index contributed by atoms with van der Waals surface area (Å²) in [6.45, 7) is 3.19. The molecule has 2 aliphatic carbocycles. The van der Waals surface area contributed by atoms with Crippen molar-refractivity contribution in [2.24, 2.45) is 11.3 Å². The number of rotatable bonds is 7. The van der Waals surface area contributed by atoms with Crippen molar-refractivity contribution in [3.63, 3.8) is 0 Å². The Morgan fingerprint density at radius 1 is 1.52 bits per heavy atom. The van der Waals surface area contributed by atoms with Crippen LogP contribution in [0.4, 0.5) is 10.7 Å². The molecule has 4 nitrogen and oxygen atoms in total. The van der Waals surface area contributed by atoms with Gasteiger partial charge in [0.2, 0.25) is 0 Å². The van der Waals surface area contributed by atoms with Crippen molar-refractivity contribution in [3.8, 4) is 0 Å². The highest BCUT2D eigenvalue weighted by Gasteiger charge is 2.53. The number of carbonyl (C=O) groups excluding carboxylic acids is 1. The Balaban J connectivity index is 1.74. The van der Waals surface area contributed by atoms with E-state index in [2.05, 4.69) is 5.32 Å². The van der Waals surface area contributed by atoms with Gasteiger partial charge in [-0.2, -0.15) is 0 Å². The zero-order valence-electron chi connectivity index (χ0n) is 12.5. The van der Waals surface area contributed by atoms with E-state index in [0.29, 0.717) is 22.6 Å². The zero-order chi connectivity index (χ0) is 15.0. The second kappa shape index (κ2) is 5.72. The molecule has 0 spiro atoms. The lowest BCUT2D eigenvalue weighted by atomic mass is 10.0.